The Hall–Kier alpha value is -3.06. The van der Waals surface area contributed by atoms with E-state index in [1.807, 2.05) is 63.2 Å². The van der Waals surface area contributed by atoms with Crippen molar-refractivity contribution in [2.24, 2.45) is 0 Å². The molecule has 1 N–H and O–H groups in total. The van der Waals surface area contributed by atoms with Crippen LogP contribution in [0.25, 0.3) is 0 Å². The number of hydrogen-bond donors (Lipinski definition) is 1. The van der Waals surface area contributed by atoms with Crippen LogP contribution in [0, 0.1) is 3.57 Å². The van der Waals surface area contributed by atoms with Crippen molar-refractivity contribution in [2.75, 3.05) is 39.2 Å². The number of carbonyl (C=O) groups is 3. The number of nitrogens with one attached hydrogen (secondary N) is 1. The predicted octanol–water partition coefficient (Wildman–Crippen LogP) is 4.10. The van der Waals surface area contributed by atoms with Gasteiger partial charge in [0.25, 0.3) is 5.91 Å². The molecule has 2 aromatic rings. The van der Waals surface area contributed by atoms with Crippen LogP contribution < -0.4 is 14.8 Å². The van der Waals surface area contributed by atoms with E-state index < -0.39 is 23.9 Å². The number of benzene rings is 2. The van der Waals surface area contributed by atoms with Gasteiger partial charge in [0.15, 0.2) is 11.5 Å². The van der Waals surface area contributed by atoms with E-state index in [4.69, 9.17) is 18.9 Å². The number of fused-ring (bicyclic) bond motifs is 1. The summed E-state index contributed by atoms with van der Waals surface area (Å²) in [4.78, 5) is 42.7. The molecule has 2 aliphatic rings. The highest BCUT2D eigenvalue weighted by atomic mass is 127. The highest BCUT2D eigenvalue weighted by molar-refractivity contribution is 14.1. The molecule has 0 bridgehead atoms. The molecule has 2 saturated heterocycles. The first-order valence-electron chi connectivity index (χ1n) is 13.2. The summed E-state index contributed by atoms with van der Waals surface area (Å²) in [5, 5.41) is 2.84. The molecule has 2 aromatic carbocycles. The highest BCUT2D eigenvalue weighted by Crippen LogP contribution is 2.31. The molecule has 0 saturated carbocycles. The Morgan fingerprint density at radius 1 is 1.05 bits per heavy atom. The van der Waals surface area contributed by atoms with Crippen molar-refractivity contribution < 1.29 is 33.3 Å². The zero-order valence-electron chi connectivity index (χ0n) is 23.4. The summed E-state index contributed by atoms with van der Waals surface area (Å²) in [6, 6.07) is 12.7. The molecule has 4 rings (SSSR count). The number of morpholine rings is 1. The van der Waals surface area contributed by atoms with Gasteiger partial charge in [-0.1, -0.05) is 6.07 Å². The van der Waals surface area contributed by atoms with Gasteiger partial charge in [-0.15, -0.1) is 0 Å². The molecule has 3 amide bonds. The first-order valence-corrected chi connectivity index (χ1v) is 14.3. The summed E-state index contributed by atoms with van der Waals surface area (Å²) in [6.07, 6.45) is -1.44. The number of rotatable bonds is 8. The molecule has 3 unspecified atom stereocenters. The predicted molar refractivity (Wildman–Crippen MR) is 158 cm³/mol. The van der Waals surface area contributed by atoms with Gasteiger partial charge in [-0.05, 0) is 91.7 Å². The molecule has 40 heavy (non-hydrogen) atoms. The van der Waals surface area contributed by atoms with Crippen LogP contribution in [0.4, 0.5) is 10.5 Å². The van der Waals surface area contributed by atoms with Gasteiger partial charge in [0.05, 0.1) is 39.3 Å². The maximum absolute atomic E-state index is 13.7. The van der Waals surface area contributed by atoms with Crippen molar-refractivity contribution in [2.45, 2.75) is 57.5 Å². The van der Waals surface area contributed by atoms with Crippen molar-refractivity contribution in [3.63, 3.8) is 0 Å². The van der Waals surface area contributed by atoms with E-state index in [0.717, 1.165) is 9.13 Å². The average Bonchev–Trinajstić information content (AvgIpc) is 3.33. The summed E-state index contributed by atoms with van der Waals surface area (Å²) in [5.41, 5.74) is 0.961. The average molecular weight is 666 g/mol. The van der Waals surface area contributed by atoms with E-state index in [2.05, 4.69) is 27.9 Å². The molecule has 3 atom stereocenters. The zero-order valence-corrected chi connectivity index (χ0v) is 25.6. The molecule has 2 fully saturated rings. The maximum Gasteiger partial charge on any atom is 0.410 e. The van der Waals surface area contributed by atoms with Crippen LogP contribution in [0.15, 0.2) is 42.5 Å². The molecule has 0 spiro atoms. The van der Waals surface area contributed by atoms with Gasteiger partial charge in [-0.2, -0.15) is 0 Å². The quantitative estimate of drug-likeness (QED) is 0.424. The van der Waals surface area contributed by atoms with Crippen molar-refractivity contribution in [3.05, 3.63) is 51.6 Å². The van der Waals surface area contributed by atoms with E-state index >= 15 is 0 Å². The van der Waals surface area contributed by atoms with Crippen molar-refractivity contribution in [1.82, 2.24) is 9.80 Å². The fraction of sp³-hybridized carbons (Fsp3) is 0.483. The minimum absolute atomic E-state index is 0.132. The minimum atomic E-state index is -0.964. The second-order valence-corrected chi connectivity index (χ2v) is 12.1. The number of amides is 3. The van der Waals surface area contributed by atoms with E-state index in [9.17, 15) is 14.4 Å². The molecule has 2 heterocycles. The van der Waals surface area contributed by atoms with E-state index in [0.29, 0.717) is 36.7 Å². The van der Waals surface area contributed by atoms with Crippen LogP contribution in [0.1, 0.15) is 32.8 Å². The third-order valence-corrected chi connectivity index (χ3v) is 7.49. The third kappa shape index (κ3) is 7.36. The lowest BCUT2D eigenvalue weighted by molar-refractivity contribution is -0.168. The molecule has 0 aliphatic carbocycles. The third-order valence-electron chi connectivity index (χ3n) is 6.77. The van der Waals surface area contributed by atoms with Crippen molar-refractivity contribution in [3.8, 4) is 11.5 Å². The second-order valence-electron chi connectivity index (χ2n) is 10.8. The van der Waals surface area contributed by atoms with Crippen LogP contribution in [0.5, 0.6) is 11.5 Å². The number of carbonyl (C=O) groups excluding carboxylic acids is 3. The van der Waals surface area contributed by atoms with E-state index in [1.54, 1.807) is 24.0 Å². The molecule has 216 valence electrons. The number of anilines is 1. The molecular weight excluding hydrogens is 629 g/mol. The molecule has 0 radical (unpaired) electrons. The Balaban J connectivity index is 1.50. The summed E-state index contributed by atoms with van der Waals surface area (Å²) in [7, 11) is 3.16. The van der Waals surface area contributed by atoms with Gasteiger partial charge in [-0.25, -0.2) is 4.79 Å². The van der Waals surface area contributed by atoms with E-state index in [1.165, 1.54) is 0 Å². The topological polar surface area (TPSA) is 107 Å². The minimum Gasteiger partial charge on any atom is -0.493 e. The molecule has 2 aliphatic heterocycles. The van der Waals surface area contributed by atoms with Crippen molar-refractivity contribution >= 4 is 46.2 Å². The van der Waals surface area contributed by atoms with Crippen LogP contribution in [0.2, 0.25) is 0 Å². The Morgan fingerprint density at radius 2 is 1.75 bits per heavy atom. The zero-order chi connectivity index (χ0) is 29.0. The number of halogens is 1. The lowest BCUT2D eigenvalue weighted by Crippen LogP contribution is -2.59. The van der Waals surface area contributed by atoms with Crippen LogP contribution >= 0.6 is 22.6 Å². The van der Waals surface area contributed by atoms with Crippen LogP contribution in [-0.2, 0) is 25.5 Å². The van der Waals surface area contributed by atoms with Crippen molar-refractivity contribution in [1.29, 1.82) is 0 Å². The maximum atomic E-state index is 13.7. The van der Waals surface area contributed by atoms with Gasteiger partial charge < -0.3 is 34.1 Å². The smallest absolute Gasteiger partial charge is 0.410 e. The van der Waals surface area contributed by atoms with Gasteiger partial charge in [0, 0.05) is 22.3 Å². The lowest BCUT2D eigenvalue weighted by atomic mass is 10.0. The first-order chi connectivity index (χ1) is 19.0. The van der Waals surface area contributed by atoms with Gasteiger partial charge in [0.1, 0.15) is 11.7 Å². The Bertz CT molecular complexity index is 1230. The lowest BCUT2D eigenvalue weighted by Gasteiger charge is -2.40. The monoisotopic (exact) mass is 665 g/mol. The number of nitrogens with zero attached hydrogens (tertiary/aromatic N) is 2. The van der Waals surface area contributed by atoms with Crippen LogP contribution in [-0.4, -0.2) is 85.4 Å². The Kier molecular flexibility index (Phi) is 9.44. The number of methoxy groups -OCH3 is 2. The van der Waals surface area contributed by atoms with Gasteiger partial charge in [0.2, 0.25) is 5.91 Å². The van der Waals surface area contributed by atoms with Gasteiger partial charge in [-0.3, -0.25) is 9.59 Å². The molecule has 10 nitrogen and oxygen atoms in total. The fourth-order valence-electron chi connectivity index (χ4n) is 4.89. The van der Waals surface area contributed by atoms with E-state index in [-0.39, 0.29) is 30.8 Å². The first kappa shape index (κ1) is 29.9. The SMILES string of the molecule is COc1ccc(CCN2C(=O)C(CC(=O)Nc3ccc(I)cc3)OC3CN(C(=O)OC(C)(C)C)CC32)cc1OC. The summed E-state index contributed by atoms with van der Waals surface area (Å²) < 4.78 is 23.6. The number of hydrogen-bond acceptors (Lipinski definition) is 7. The van der Waals surface area contributed by atoms with Crippen LogP contribution in [0.3, 0.4) is 0 Å². The standard InChI is InChI=1S/C29H36IN3O7/c1-29(2,3)40-28(36)32-16-21-25(17-32)39-24(15-26(34)31-20-9-7-19(30)8-10-20)27(35)33(21)13-12-18-6-11-22(37-4)23(14-18)38-5/h6-11,14,21,24-25H,12-13,15-17H2,1-5H3,(H,31,34). The molecular formula is C29H36IN3O7. The normalized spacial score (nSPS) is 20.6. The molecule has 11 heteroatoms. The fourth-order valence-corrected chi connectivity index (χ4v) is 5.25. The summed E-state index contributed by atoms with van der Waals surface area (Å²) >= 11 is 2.19. The Morgan fingerprint density at radius 3 is 2.40 bits per heavy atom. The summed E-state index contributed by atoms with van der Waals surface area (Å²) in [5.74, 6) is 0.635. The second kappa shape index (κ2) is 12.6. The Labute approximate surface area is 248 Å². The largest absolute Gasteiger partial charge is 0.493 e. The van der Waals surface area contributed by atoms with Gasteiger partial charge >= 0.3 is 6.09 Å². The number of likely N-dealkylation sites (tertiary alicyclic amines) is 1. The number of ether oxygens (including phenoxy) is 4. The molecule has 0 aromatic heterocycles. The summed E-state index contributed by atoms with van der Waals surface area (Å²) in [6.45, 7) is 6.38. The highest BCUT2D eigenvalue weighted by Gasteiger charge is 2.49.